The van der Waals surface area contributed by atoms with Crippen molar-refractivity contribution in [2.45, 2.75) is 52.1 Å². The maximum atomic E-state index is 12.8. The van der Waals surface area contributed by atoms with Crippen LogP contribution in [0.4, 0.5) is 5.69 Å². The van der Waals surface area contributed by atoms with Crippen molar-refractivity contribution in [1.82, 2.24) is 0 Å². The smallest absolute Gasteiger partial charge is 0.341 e. The number of hydrogen-bond donors (Lipinski definition) is 1. The predicted octanol–water partition coefficient (Wildman–Crippen LogP) is 3.80. The fraction of sp³-hybridized carbons (Fsp3) is 0.600. The van der Waals surface area contributed by atoms with Crippen LogP contribution in [0, 0.1) is 5.92 Å². The Morgan fingerprint density at radius 2 is 1.88 bits per heavy atom. The Hall–Kier alpha value is -2.08. The average molecular weight is 363 g/mol. The van der Waals surface area contributed by atoms with E-state index in [0.29, 0.717) is 30.2 Å². The maximum Gasteiger partial charge on any atom is 0.341 e. The zero-order valence-electron chi connectivity index (χ0n) is 16.1. The van der Waals surface area contributed by atoms with Gasteiger partial charge in [0.25, 0.3) is 5.91 Å². The van der Waals surface area contributed by atoms with Crippen molar-refractivity contribution in [2.24, 2.45) is 5.92 Å². The fourth-order valence-electron chi connectivity index (χ4n) is 2.79. The number of ether oxygens (including phenoxy) is 3. The summed E-state index contributed by atoms with van der Waals surface area (Å²) in [4.78, 5) is 24.9. The van der Waals surface area contributed by atoms with Gasteiger partial charge in [0.2, 0.25) is 0 Å². The van der Waals surface area contributed by atoms with Crippen LogP contribution >= 0.6 is 0 Å². The van der Waals surface area contributed by atoms with Gasteiger partial charge >= 0.3 is 5.97 Å². The molecule has 0 unspecified atom stereocenters. The second-order valence-corrected chi connectivity index (χ2v) is 6.73. The van der Waals surface area contributed by atoms with Gasteiger partial charge in [-0.2, -0.15) is 0 Å². The number of carbonyl (C=O) groups excluding carboxylic acids is 2. The number of rotatable bonds is 10. The molecule has 1 amide bonds. The van der Waals surface area contributed by atoms with Crippen LogP contribution in [0.15, 0.2) is 18.2 Å². The Bertz CT molecular complexity index is 641. The van der Waals surface area contributed by atoms with Crippen molar-refractivity contribution in [3.63, 3.8) is 0 Å². The first kappa shape index (κ1) is 20.2. The van der Waals surface area contributed by atoms with Crippen molar-refractivity contribution >= 4 is 17.6 Å². The van der Waals surface area contributed by atoms with Crippen molar-refractivity contribution < 1.29 is 23.8 Å². The Morgan fingerprint density at radius 3 is 2.46 bits per heavy atom. The van der Waals surface area contributed by atoms with Gasteiger partial charge in [0, 0.05) is 12.3 Å². The van der Waals surface area contributed by atoms with Crippen LogP contribution in [0.3, 0.4) is 0 Å². The largest absolute Gasteiger partial charge is 0.493 e. The zero-order chi connectivity index (χ0) is 19.2. The first-order valence-corrected chi connectivity index (χ1v) is 9.26. The molecule has 6 heteroatoms. The molecule has 1 saturated carbocycles. The molecule has 0 heterocycles. The molecule has 1 aliphatic rings. The summed E-state index contributed by atoms with van der Waals surface area (Å²) in [7, 11) is 1.32. The Morgan fingerprint density at radius 1 is 1.19 bits per heavy atom. The summed E-state index contributed by atoms with van der Waals surface area (Å²) in [5.74, 6) is -0.00365. The number of benzene rings is 1. The van der Waals surface area contributed by atoms with E-state index in [-0.39, 0.29) is 11.8 Å². The molecule has 0 aromatic heterocycles. The summed E-state index contributed by atoms with van der Waals surface area (Å²) < 4.78 is 16.3. The molecule has 26 heavy (non-hydrogen) atoms. The average Bonchev–Trinajstić information content (AvgIpc) is 3.49. The lowest BCUT2D eigenvalue weighted by Crippen LogP contribution is -2.45. The summed E-state index contributed by atoms with van der Waals surface area (Å²) in [5, 5.41) is 2.89. The minimum absolute atomic E-state index is 0.188. The van der Waals surface area contributed by atoms with Crippen LogP contribution in [0.25, 0.3) is 0 Å². The van der Waals surface area contributed by atoms with Gasteiger partial charge in [-0.15, -0.1) is 0 Å². The predicted molar refractivity (Wildman–Crippen MR) is 99.6 cm³/mol. The lowest BCUT2D eigenvalue weighted by molar-refractivity contribution is -0.142. The van der Waals surface area contributed by atoms with Crippen LogP contribution in [0.5, 0.6) is 5.75 Å². The van der Waals surface area contributed by atoms with Gasteiger partial charge in [-0.05, 0) is 56.7 Å². The lowest BCUT2D eigenvalue weighted by atomic mass is 9.98. The number of carbonyl (C=O) groups is 2. The summed E-state index contributed by atoms with van der Waals surface area (Å²) >= 11 is 0. The number of methoxy groups -OCH3 is 1. The van der Waals surface area contributed by atoms with Gasteiger partial charge in [-0.1, -0.05) is 13.8 Å². The summed E-state index contributed by atoms with van der Waals surface area (Å²) in [6, 6.07) is 4.99. The first-order chi connectivity index (χ1) is 12.5. The molecule has 0 radical (unpaired) electrons. The van der Waals surface area contributed by atoms with Gasteiger partial charge in [0.05, 0.1) is 13.7 Å². The van der Waals surface area contributed by atoms with Gasteiger partial charge in [-0.3, -0.25) is 4.79 Å². The van der Waals surface area contributed by atoms with Crippen LogP contribution < -0.4 is 10.1 Å². The van der Waals surface area contributed by atoms with E-state index in [4.69, 9.17) is 14.2 Å². The van der Waals surface area contributed by atoms with Crippen LogP contribution in [0.1, 0.15) is 56.8 Å². The standard InChI is InChI=1S/C20H29NO5/c1-5-11-25-17-10-9-15(13-16(17)18(22)24-4)21-19(23)20(3,14-7-8-14)26-12-6-2/h9-10,13-14H,5-8,11-12H2,1-4H3,(H,21,23)/t20-/m0/s1. The van der Waals surface area contributed by atoms with Crippen LogP contribution in [-0.4, -0.2) is 37.8 Å². The lowest BCUT2D eigenvalue weighted by Gasteiger charge is -2.28. The fourth-order valence-corrected chi connectivity index (χ4v) is 2.79. The van der Waals surface area contributed by atoms with E-state index in [2.05, 4.69) is 5.32 Å². The molecular weight excluding hydrogens is 334 g/mol. The number of esters is 1. The zero-order valence-corrected chi connectivity index (χ0v) is 16.1. The van der Waals surface area contributed by atoms with Gasteiger partial charge < -0.3 is 19.5 Å². The van der Waals surface area contributed by atoms with E-state index >= 15 is 0 Å². The van der Waals surface area contributed by atoms with E-state index in [1.807, 2.05) is 20.8 Å². The molecule has 0 bridgehead atoms. The van der Waals surface area contributed by atoms with Gasteiger partial charge in [0.15, 0.2) is 0 Å². The van der Waals surface area contributed by atoms with Gasteiger partial charge in [-0.25, -0.2) is 4.79 Å². The highest BCUT2D eigenvalue weighted by atomic mass is 16.5. The van der Waals surface area contributed by atoms with Crippen LogP contribution in [-0.2, 0) is 14.3 Å². The van der Waals surface area contributed by atoms with Crippen LogP contribution in [0.2, 0.25) is 0 Å². The molecule has 0 aliphatic heterocycles. The highest BCUT2D eigenvalue weighted by Crippen LogP contribution is 2.42. The molecule has 1 aromatic carbocycles. The number of hydrogen-bond acceptors (Lipinski definition) is 5. The third-order valence-corrected chi connectivity index (χ3v) is 4.52. The minimum Gasteiger partial charge on any atom is -0.493 e. The Labute approximate surface area is 155 Å². The molecule has 0 spiro atoms. The molecule has 1 atom stereocenters. The summed E-state index contributed by atoms with van der Waals surface area (Å²) in [6.07, 6.45) is 3.66. The Kier molecular flexibility index (Phi) is 7.03. The van der Waals surface area contributed by atoms with Crippen molar-refractivity contribution in [2.75, 3.05) is 25.6 Å². The Balaban J connectivity index is 2.19. The molecule has 1 N–H and O–H groups in total. The number of nitrogens with one attached hydrogen (secondary N) is 1. The maximum absolute atomic E-state index is 12.8. The molecular formula is C20H29NO5. The molecule has 0 saturated heterocycles. The van der Waals surface area contributed by atoms with E-state index < -0.39 is 11.6 Å². The number of amides is 1. The van der Waals surface area contributed by atoms with Crippen molar-refractivity contribution in [3.8, 4) is 5.75 Å². The second kappa shape index (κ2) is 9.03. The second-order valence-electron chi connectivity index (χ2n) is 6.73. The molecule has 1 aliphatic carbocycles. The van der Waals surface area contributed by atoms with Crippen molar-refractivity contribution in [3.05, 3.63) is 23.8 Å². The highest BCUT2D eigenvalue weighted by molar-refractivity contribution is 5.99. The van der Waals surface area contributed by atoms with E-state index in [1.54, 1.807) is 18.2 Å². The van der Waals surface area contributed by atoms with Crippen molar-refractivity contribution in [1.29, 1.82) is 0 Å². The summed E-state index contributed by atoms with van der Waals surface area (Å²) in [5.41, 5.74) is -0.0358. The normalized spacial score (nSPS) is 15.8. The minimum atomic E-state index is -0.848. The molecule has 144 valence electrons. The molecule has 6 nitrogen and oxygen atoms in total. The molecule has 1 aromatic rings. The third-order valence-electron chi connectivity index (χ3n) is 4.52. The number of anilines is 1. The third kappa shape index (κ3) is 4.75. The SMILES string of the molecule is CCCOc1ccc(NC(=O)[C@@](C)(OCCC)C2CC2)cc1C(=O)OC. The monoisotopic (exact) mass is 363 g/mol. The topological polar surface area (TPSA) is 73.9 Å². The van der Waals surface area contributed by atoms with Gasteiger partial charge in [0.1, 0.15) is 16.9 Å². The van der Waals surface area contributed by atoms with E-state index in [1.165, 1.54) is 7.11 Å². The first-order valence-electron chi connectivity index (χ1n) is 9.26. The molecule has 2 rings (SSSR count). The van der Waals surface area contributed by atoms with E-state index in [0.717, 1.165) is 25.7 Å². The highest BCUT2D eigenvalue weighted by Gasteiger charge is 2.48. The summed E-state index contributed by atoms with van der Waals surface area (Å²) in [6.45, 7) is 6.89. The molecule has 1 fully saturated rings. The quantitative estimate of drug-likeness (QED) is 0.640. The van der Waals surface area contributed by atoms with E-state index in [9.17, 15) is 9.59 Å².